The monoisotopic (exact) mass is 237 g/mol. The molecule has 4 rings (SSSR count). The zero-order chi connectivity index (χ0) is 12.3. The fourth-order valence-electron chi connectivity index (χ4n) is 4.20. The molecular formula is C17H19N. The molecule has 2 aromatic rings. The predicted octanol–water partition coefficient (Wildman–Crippen LogP) is 3.29. The van der Waals surface area contributed by atoms with Gasteiger partial charge in [-0.15, -0.1) is 0 Å². The summed E-state index contributed by atoms with van der Waals surface area (Å²) in [6.07, 6.45) is 0. The minimum Gasteiger partial charge on any atom is -0.305 e. The molecule has 1 aliphatic heterocycles. The first-order valence-electron chi connectivity index (χ1n) is 6.89. The molecule has 1 heteroatoms. The minimum atomic E-state index is 0.457. The van der Waals surface area contributed by atoms with E-state index < -0.39 is 0 Å². The largest absolute Gasteiger partial charge is 0.305 e. The molecule has 2 fully saturated rings. The molecule has 1 saturated carbocycles. The Kier molecular flexibility index (Phi) is 1.97. The molecular weight excluding hydrogens is 218 g/mol. The molecule has 92 valence electrons. The van der Waals surface area contributed by atoms with Gasteiger partial charge < -0.3 is 4.90 Å². The molecule has 2 unspecified atom stereocenters. The van der Waals surface area contributed by atoms with E-state index in [1.807, 2.05) is 0 Å². The van der Waals surface area contributed by atoms with Gasteiger partial charge in [0.1, 0.15) is 0 Å². The molecule has 0 aromatic heterocycles. The van der Waals surface area contributed by atoms with Gasteiger partial charge in [-0.1, -0.05) is 49.4 Å². The Labute approximate surface area is 108 Å². The smallest absolute Gasteiger partial charge is 0.0153 e. The zero-order valence-corrected chi connectivity index (χ0v) is 11.1. The van der Waals surface area contributed by atoms with Gasteiger partial charge in [0.2, 0.25) is 0 Å². The summed E-state index contributed by atoms with van der Waals surface area (Å²) in [5.41, 5.74) is 2.02. The lowest BCUT2D eigenvalue weighted by Crippen LogP contribution is -2.24. The van der Waals surface area contributed by atoms with Crippen LogP contribution in [-0.2, 0) is 5.41 Å². The Morgan fingerprint density at radius 3 is 2.67 bits per heavy atom. The number of hydrogen-bond donors (Lipinski definition) is 0. The highest BCUT2D eigenvalue weighted by Gasteiger charge is 2.66. The molecule has 1 heterocycles. The number of likely N-dealkylation sites (N-methyl/N-ethyl adjacent to an activating group) is 1. The number of fused-ring (bicyclic) bond motifs is 2. The van der Waals surface area contributed by atoms with Crippen LogP contribution in [0.1, 0.15) is 12.5 Å². The molecule has 1 nitrogen and oxygen atoms in total. The Hall–Kier alpha value is -1.34. The van der Waals surface area contributed by atoms with Gasteiger partial charge in [-0.05, 0) is 35.2 Å². The average molecular weight is 237 g/mol. The Morgan fingerprint density at radius 2 is 1.89 bits per heavy atom. The third-order valence-corrected chi connectivity index (χ3v) is 5.30. The summed E-state index contributed by atoms with van der Waals surface area (Å²) in [5.74, 6) is 1.73. The highest BCUT2D eigenvalue weighted by Crippen LogP contribution is 2.63. The van der Waals surface area contributed by atoms with Crippen LogP contribution in [0.2, 0.25) is 0 Å². The molecule has 1 aliphatic carbocycles. The Balaban J connectivity index is 1.84. The first kappa shape index (κ1) is 10.6. The molecule has 0 amide bonds. The summed E-state index contributed by atoms with van der Waals surface area (Å²) >= 11 is 0. The average Bonchev–Trinajstić information content (AvgIpc) is 2.79. The van der Waals surface area contributed by atoms with Crippen LogP contribution >= 0.6 is 0 Å². The minimum absolute atomic E-state index is 0.457. The van der Waals surface area contributed by atoms with Crippen molar-refractivity contribution in [3.63, 3.8) is 0 Å². The SMILES string of the molecule is C[C@@H]1C2CN(C)CC21c1ccc2ccccc2c1. The van der Waals surface area contributed by atoms with Crippen molar-refractivity contribution in [2.45, 2.75) is 12.3 Å². The molecule has 18 heavy (non-hydrogen) atoms. The van der Waals surface area contributed by atoms with Gasteiger partial charge in [-0.3, -0.25) is 0 Å². The van der Waals surface area contributed by atoms with E-state index in [4.69, 9.17) is 0 Å². The summed E-state index contributed by atoms with van der Waals surface area (Å²) in [6.45, 7) is 4.93. The number of piperidine rings is 1. The molecule has 2 aromatic carbocycles. The zero-order valence-electron chi connectivity index (χ0n) is 11.1. The topological polar surface area (TPSA) is 3.24 Å². The van der Waals surface area contributed by atoms with E-state index in [0.717, 1.165) is 11.8 Å². The molecule has 0 N–H and O–H groups in total. The van der Waals surface area contributed by atoms with E-state index in [1.54, 1.807) is 5.56 Å². The van der Waals surface area contributed by atoms with Crippen LogP contribution in [0.5, 0.6) is 0 Å². The second kappa shape index (κ2) is 3.36. The quantitative estimate of drug-likeness (QED) is 0.735. The van der Waals surface area contributed by atoms with Crippen LogP contribution in [0.25, 0.3) is 10.8 Å². The number of likely N-dealkylation sites (tertiary alicyclic amines) is 1. The highest BCUT2D eigenvalue weighted by molar-refractivity contribution is 5.83. The summed E-state index contributed by atoms with van der Waals surface area (Å²) in [4.78, 5) is 2.49. The molecule has 0 spiro atoms. The Bertz CT molecular complexity index is 618. The lowest BCUT2D eigenvalue weighted by Gasteiger charge is -2.19. The van der Waals surface area contributed by atoms with E-state index in [-0.39, 0.29) is 0 Å². The van der Waals surface area contributed by atoms with Crippen molar-refractivity contribution >= 4 is 10.8 Å². The molecule has 0 radical (unpaired) electrons. The first-order chi connectivity index (χ1) is 8.72. The fraction of sp³-hybridized carbons (Fsp3) is 0.412. The maximum Gasteiger partial charge on any atom is 0.0153 e. The van der Waals surface area contributed by atoms with Crippen molar-refractivity contribution in [1.82, 2.24) is 4.90 Å². The third kappa shape index (κ3) is 1.20. The molecule has 0 bridgehead atoms. The van der Waals surface area contributed by atoms with Crippen molar-refractivity contribution in [1.29, 1.82) is 0 Å². The fourth-order valence-corrected chi connectivity index (χ4v) is 4.20. The van der Waals surface area contributed by atoms with E-state index in [2.05, 4.69) is 61.3 Å². The van der Waals surface area contributed by atoms with Crippen LogP contribution in [0.3, 0.4) is 0 Å². The van der Waals surface area contributed by atoms with Gasteiger partial charge in [0, 0.05) is 18.5 Å². The lowest BCUT2D eigenvalue weighted by molar-refractivity contribution is 0.338. The predicted molar refractivity (Wildman–Crippen MR) is 75.8 cm³/mol. The van der Waals surface area contributed by atoms with Crippen LogP contribution < -0.4 is 0 Å². The third-order valence-electron chi connectivity index (χ3n) is 5.30. The number of benzene rings is 2. The lowest BCUT2D eigenvalue weighted by atomic mass is 9.91. The van der Waals surface area contributed by atoms with Crippen molar-refractivity contribution < 1.29 is 0 Å². The van der Waals surface area contributed by atoms with Crippen LogP contribution in [0.15, 0.2) is 42.5 Å². The van der Waals surface area contributed by atoms with Crippen LogP contribution in [-0.4, -0.2) is 25.0 Å². The van der Waals surface area contributed by atoms with Crippen molar-refractivity contribution in [3.05, 3.63) is 48.0 Å². The highest BCUT2D eigenvalue weighted by atomic mass is 15.2. The van der Waals surface area contributed by atoms with E-state index in [0.29, 0.717) is 5.41 Å². The summed E-state index contributed by atoms with van der Waals surface area (Å²) in [5, 5.41) is 2.74. The molecule has 2 aliphatic rings. The maximum absolute atomic E-state index is 2.49. The molecule has 3 atom stereocenters. The van der Waals surface area contributed by atoms with Crippen molar-refractivity contribution in [2.75, 3.05) is 20.1 Å². The number of rotatable bonds is 1. The summed E-state index contributed by atoms with van der Waals surface area (Å²) in [7, 11) is 2.25. The van der Waals surface area contributed by atoms with Gasteiger partial charge in [-0.25, -0.2) is 0 Å². The summed E-state index contributed by atoms with van der Waals surface area (Å²) in [6, 6.07) is 15.8. The van der Waals surface area contributed by atoms with Gasteiger partial charge in [0.05, 0.1) is 0 Å². The second-order valence-electron chi connectivity index (χ2n) is 6.19. The van der Waals surface area contributed by atoms with E-state index >= 15 is 0 Å². The van der Waals surface area contributed by atoms with E-state index in [1.165, 1.54) is 23.9 Å². The van der Waals surface area contributed by atoms with Gasteiger partial charge in [0.25, 0.3) is 0 Å². The van der Waals surface area contributed by atoms with Crippen LogP contribution in [0, 0.1) is 11.8 Å². The van der Waals surface area contributed by atoms with Gasteiger partial charge in [0.15, 0.2) is 0 Å². The maximum atomic E-state index is 2.49. The van der Waals surface area contributed by atoms with Crippen molar-refractivity contribution in [3.8, 4) is 0 Å². The Morgan fingerprint density at radius 1 is 1.11 bits per heavy atom. The van der Waals surface area contributed by atoms with E-state index in [9.17, 15) is 0 Å². The van der Waals surface area contributed by atoms with Crippen molar-refractivity contribution in [2.24, 2.45) is 11.8 Å². The van der Waals surface area contributed by atoms with Gasteiger partial charge >= 0.3 is 0 Å². The van der Waals surface area contributed by atoms with Gasteiger partial charge in [-0.2, -0.15) is 0 Å². The molecule has 1 saturated heterocycles. The first-order valence-corrected chi connectivity index (χ1v) is 6.89. The normalized spacial score (nSPS) is 34.8. The van der Waals surface area contributed by atoms with Crippen LogP contribution in [0.4, 0.5) is 0 Å². The number of hydrogen-bond acceptors (Lipinski definition) is 1. The number of nitrogens with zero attached hydrogens (tertiary/aromatic N) is 1. The standard InChI is InChI=1S/C17H19N/c1-12-16-10-18(2)11-17(12,16)15-8-7-13-5-3-4-6-14(13)9-15/h3-9,12,16H,10-11H2,1-2H3/t12-,16?,17?/m1/s1. The summed E-state index contributed by atoms with van der Waals surface area (Å²) < 4.78 is 0. The second-order valence-corrected chi connectivity index (χ2v) is 6.19.